The van der Waals surface area contributed by atoms with Crippen LogP contribution >= 0.6 is 0 Å². The van der Waals surface area contributed by atoms with Gasteiger partial charge in [0.2, 0.25) is 17.8 Å². The Balaban J connectivity index is 1.40. The van der Waals surface area contributed by atoms with Crippen LogP contribution in [-0.4, -0.2) is 26.6 Å². The number of nitrogens with zero attached hydrogens (tertiary/aromatic N) is 4. The van der Waals surface area contributed by atoms with Crippen molar-refractivity contribution in [1.29, 1.82) is 0 Å². The molecule has 0 radical (unpaired) electrons. The molecule has 8 heteroatoms. The van der Waals surface area contributed by atoms with Crippen molar-refractivity contribution in [3.05, 3.63) is 83.2 Å². The molecule has 34 heavy (non-hydrogen) atoms. The molecule has 1 fully saturated rings. The average molecular weight is 458 g/mol. The summed E-state index contributed by atoms with van der Waals surface area (Å²) in [6, 6.07) is 14.3. The molecule has 2 aliphatic heterocycles. The summed E-state index contributed by atoms with van der Waals surface area (Å²) in [6.45, 7) is 2.04. The fourth-order valence-electron chi connectivity index (χ4n) is 5.24. The van der Waals surface area contributed by atoms with Crippen molar-refractivity contribution in [1.82, 2.24) is 14.8 Å². The van der Waals surface area contributed by atoms with Crippen molar-refractivity contribution >= 4 is 23.7 Å². The number of amides is 2. The maximum Gasteiger partial charge on any atom is 0.260 e. The van der Waals surface area contributed by atoms with Crippen molar-refractivity contribution in [2.75, 3.05) is 10.2 Å². The Morgan fingerprint density at radius 1 is 0.912 bits per heavy atom. The molecule has 0 spiro atoms. The number of anilines is 2. The minimum absolute atomic E-state index is 0.0584. The van der Waals surface area contributed by atoms with E-state index in [0.29, 0.717) is 25.2 Å². The number of carbonyl (C=O) groups is 2. The monoisotopic (exact) mass is 457 g/mol. The number of imide groups is 1. The summed E-state index contributed by atoms with van der Waals surface area (Å²) >= 11 is 0. The van der Waals surface area contributed by atoms with Gasteiger partial charge in [0.1, 0.15) is 5.82 Å². The molecule has 0 bridgehead atoms. The van der Waals surface area contributed by atoms with E-state index >= 15 is 0 Å². The first-order valence-corrected chi connectivity index (χ1v) is 11.6. The normalized spacial score (nSPS) is 25.8. The van der Waals surface area contributed by atoms with Crippen LogP contribution in [0.2, 0.25) is 0 Å². The first-order chi connectivity index (χ1) is 16.5. The van der Waals surface area contributed by atoms with E-state index in [2.05, 4.69) is 39.7 Å². The highest BCUT2D eigenvalue weighted by atomic mass is 19.1. The topological polar surface area (TPSA) is 80.1 Å². The number of fused-ring (bicyclic) bond motifs is 2. The first kappa shape index (κ1) is 20.8. The third-order valence-electron chi connectivity index (χ3n) is 7.12. The Morgan fingerprint density at radius 2 is 1.53 bits per heavy atom. The Kier molecular flexibility index (Phi) is 4.83. The fourth-order valence-corrected chi connectivity index (χ4v) is 5.24. The molecule has 4 atom stereocenters. The van der Waals surface area contributed by atoms with E-state index in [1.807, 2.05) is 19.1 Å². The highest BCUT2D eigenvalue weighted by Crippen LogP contribution is 2.41. The van der Waals surface area contributed by atoms with E-state index in [-0.39, 0.29) is 47.5 Å². The average Bonchev–Trinajstić information content (AvgIpc) is 3.38. The lowest BCUT2D eigenvalue weighted by atomic mass is 9.85. The van der Waals surface area contributed by atoms with E-state index in [4.69, 9.17) is 0 Å². The van der Waals surface area contributed by atoms with E-state index in [1.165, 1.54) is 17.7 Å². The second-order valence-corrected chi connectivity index (χ2v) is 9.26. The van der Waals surface area contributed by atoms with Crippen molar-refractivity contribution in [2.45, 2.75) is 38.3 Å². The van der Waals surface area contributed by atoms with Crippen LogP contribution in [0.4, 0.5) is 16.3 Å². The molecule has 3 aliphatic rings. The minimum Gasteiger partial charge on any atom is -0.347 e. The van der Waals surface area contributed by atoms with E-state index < -0.39 is 0 Å². The standard InChI is InChI=1S/C26H24FN5O2/c1-15-6-8-16(9-7-15)21-14-22(17-10-12-18(27)13-11-17)32-25(28-21)29-26(30-32)31-23(33)19-4-2-3-5-20(19)24(31)34/h2-3,6-13,19-22H,4-5,14H2,1H3,(H,28,29,30)/t19-,20-,21+,22-/m1/s1. The predicted molar refractivity (Wildman–Crippen MR) is 125 cm³/mol. The fraction of sp³-hybridized carbons (Fsp3) is 0.308. The minimum atomic E-state index is -0.348. The molecule has 2 aromatic carbocycles. The first-order valence-electron chi connectivity index (χ1n) is 11.6. The molecule has 6 rings (SSSR count). The Bertz CT molecular complexity index is 1270. The molecule has 3 heterocycles. The molecule has 1 aliphatic carbocycles. The van der Waals surface area contributed by atoms with E-state index in [0.717, 1.165) is 16.0 Å². The summed E-state index contributed by atoms with van der Waals surface area (Å²) in [7, 11) is 0. The van der Waals surface area contributed by atoms with Crippen LogP contribution in [0.15, 0.2) is 60.7 Å². The molecule has 7 nitrogen and oxygen atoms in total. The van der Waals surface area contributed by atoms with Gasteiger partial charge in [-0.3, -0.25) is 9.59 Å². The van der Waals surface area contributed by atoms with Gasteiger partial charge in [-0.2, -0.15) is 4.98 Å². The van der Waals surface area contributed by atoms with Gasteiger partial charge in [0.25, 0.3) is 5.95 Å². The van der Waals surface area contributed by atoms with Gasteiger partial charge in [-0.1, -0.05) is 54.1 Å². The van der Waals surface area contributed by atoms with E-state index in [9.17, 15) is 14.0 Å². The number of rotatable bonds is 3. The van der Waals surface area contributed by atoms with Gasteiger partial charge < -0.3 is 5.32 Å². The molecule has 1 saturated heterocycles. The number of nitrogens with one attached hydrogen (secondary N) is 1. The Morgan fingerprint density at radius 3 is 2.18 bits per heavy atom. The third kappa shape index (κ3) is 3.32. The van der Waals surface area contributed by atoms with Crippen LogP contribution < -0.4 is 10.2 Å². The lowest BCUT2D eigenvalue weighted by Crippen LogP contribution is -2.32. The molecule has 3 aromatic rings. The number of hydrogen-bond acceptors (Lipinski definition) is 5. The smallest absolute Gasteiger partial charge is 0.260 e. The van der Waals surface area contributed by atoms with Gasteiger partial charge in [-0.25, -0.2) is 14.0 Å². The maximum absolute atomic E-state index is 13.6. The number of allylic oxidation sites excluding steroid dienone is 2. The predicted octanol–water partition coefficient (Wildman–Crippen LogP) is 4.33. The van der Waals surface area contributed by atoms with Crippen LogP contribution in [0.3, 0.4) is 0 Å². The summed E-state index contributed by atoms with van der Waals surface area (Å²) in [5, 5.41) is 8.06. The number of aryl methyl sites for hydroxylation is 1. The molecule has 0 saturated carbocycles. The molecule has 1 aromatic heterocycles. The molecule has 0 unspecified atom stereocenters. The van der Waals surface area contributed by atoms with Crippen LogP contribution in [0.25, 0.3) is 0 Å². The summed E-state index contributed by atoms with van der Waals surface area (Å²) in [6.07, 6.45) is 5.69. The maximum atomic E-state index is 13.6. The van der Waals surface area contributed by atoms with Gasteiger partial charge in [-0.05, 0) is 49.4 Å². The highest BCUT2D eigenvalue weighted by molar-refractivity contribution is 6.21. The summed E-state index contributed by atoms with van der Waals surface area (Å²) in [5.74, 6) is -0.903. The number of halogens is 1. The van der Waals surface area contributed by atoms with Crippen LogP contribution in [0.5, 0.6) is 0 Å². The summed E-state index contributed by atoms with van der Waals surface area (Å²) < 4.78 is 15.4. The number of benzene rings is 2. The highest BCUT2D eigenvalue weighted by Gasteiger charge is 2.49. The largest absolute Gasteiger partial charge is 0.347 e. The summed E-state index contributed by atoms with van der Waals surface area (Å²) in [4.78, 5) is 31.9. The zero-order valence-electron chi connectivity index (χ0n) is 18.7. The van der Waals surface area contributed by atoms with Crippen molar-refractivity contribution in [3.8, 4) is 0 Å². The Labute approximate surface area is 196 Å². The van der Waals surface area contributed by atoms with Gasteiger partial charge in [0, 0.05) is 0 Å². The second kappa shape index (κ2) is 7.90. The molecule has 2 amide bonds. The number of aromatic nitrogens is 3. The lowest BCUT2D eigenvalue weighted by molar-refractivity contribution is -0.122. The van der Waals surface area contributed by atoms with Gasteiger partial charge >= 0.3 is 0 Å². The Hall–Kier alpha value is -3.81. The molecule has 172 valence electrons. The van der Waals surface area contributed by atoms with Crippen molar-refractivity contribution in [3.63, 3.8) is 0 Å². The van der Waals surface area contributed by atoms with Gasteiger partial charge in [-0.15, -0.1) is 5.10 Å². The lowest BCUT2D eigenvalue weighted by Gasteiger charge is -2.31. The quantitative estimate of drug-likeness (QED) is 0.468. The molecular formula is C26H24FN5O2. The van der Waals surface area contributed by atoms with Crippen LogP contribution in [-0.2, 0) is 9.59 Å². The number of hydrogen-bond donors (Lipinski definition) is 1. The summed E-state index contributed by atoms with van der Waals surface area (Å²) in [5.41, 5.74) is 3.15. The van der Waals surface area contributed by atoms with Crippen molar-refractivity contribution in [2.24, 2.45) is 11.8 Å². The number of carbonyl (C=O) groups excluding carboxylic acids is 2. The van der Waals surface area contributed by atoms with Crippen molar-refractivity contribution < 1.29 is 14.0 Å². The van der Waals surface area contributed by atoms with Crippen LogP contribution in [0, 0.1) is 24.6 Å². The zero-order valence-corrected chi connectivity index (χ0v) is 18.7. The van der Waals surface area contributed by atoms with E-state index in [1.54, 1.807) is 16.8 Å². The second-order valence-electron chi connectivity index (χ2n) is 9.26. The van der Waals surface area contributed by atoms with Gasteiger partial charge in [0.15, 0.2) is 0 Å². The third-order valence-corrected chi connectivity index (χ3v) is 7.12. The van der Waals surface area contributed by atoms with Gasteiger partial charge in [0.05, 0.1) is 23.9 Å². The zero-order chi connectivity index (χ0) is 23.4. The molecular weight excluding hydrogens is 433 g/mol. The SMILES string of the molecule is Cc1ccc([C@@H]2C[C@H](c3ccc(F)cc3)n3nc(N4C(=O)[C@@H]5CC=CC[C@H]5C4=O)nc3N2)cc1. The molecule has 1 N–H and O–H groups in total. The van der Waals surface area contributed by atoms with Crippen LogP contribution in [0.1, 0.15) is 48.0 Å².